The van der Waals surface area contributed by atoms with Crippen molar-refractivity contribution >= 4 is 27.8 Å². The fraction of sp³-hybridized carbons (Fsp3) is 0.200. The number of nitrogens with zero attached hydrogens (tertiary/aromatic N) is 1. The normalized spacial score (nSPS) is 9.27. The van der Waals surface area contributed by atoms with Crippen LogP contribution in [0.1, 0.15) is 13.8 Å². The first-order valence-corrected chi connectivity index (χ1v) is 5.19. The van der Waals surface area contributed by atoms with Gasteiger partial charge in [0.05, 0.1) is 0 Å². The molecule has 0 aliphatic carbocycles. The maximum absolute atomic E-state index is 11.3. The zero-order chi connectivity index (χ0) is 11.3. The van der Waals surface area contributed by atoms with Gasteiger partial charge in [-0.05, 0) is 41.9 Å². The lowest BCUT2D eigenvalue weighted by atomic mass is 10.4. The first-order valence-electron chi connectivity index (χ1n) is 4.40. The van der Waals surface area contributed by atoms with Gasteiger partial charge in [-0.1, -0.05) is 5.57 Å². The lowest BCUT2D eigenvalue weighted by molar-refractivity contribution is 0.255. The van der Waals surface area contributed by atoms with Crippen LogP contribution in [0.15, 0.2) is 34.6 Å². The van der Waals surface area contributed by atoms with E-state index in [0.29, 0.717) is 5.82 Å². The number of urea groups is 1. The molecule has 0 radical (unpaired) electrons. The number of aromatic nitrogens is 1. The first kappa shape index (κ1) is 11.7. The van der Waals surface area contributed by atoms with E-state index in [1.807, 2.05) is 19.9 Å². The van der Waals surface area contributed by atoms with E-state index < -0.39 is 0 Å². The van der Waals surface area contributed by atoms with Crippen molar-refractivity contribution in [1.29, 1.82) is 0 Å². The number of rotatable bonds is 2. The van der Waals surface area contributed by atoms with Gasteiger partial charge >= 0.3 is 6.03 Å². The molecular weight excluding hydrogens is 258 g/mol. The van der Waals surface area contributed by atoms with Crippen LogP contribution in [-0.2, 0) is 0 Å². The van der Waals surface area contributed by atoms with Crippen LogP contribution in [0.5, 0.6) is 0 Å². The molecule has 15 heavy (non-hydrogen) atoms. The zero-order valence-electron chi connectivity index (χ0n) is 8.54. The maximum atomic E-state index is 11.3. The molecule has 4 nitrogen and oxygen atoms in total. The summed E-state index contributed by atoms with van der Waals surface area (Å²) >= 11 is 3.26. The van der Waals surface area contributed by atoms with Crippen LogP contribution in [0.25, 0.3) is 0 Å². The van der Waals surface area contributed by atoms with Crippen molar-refractivity contribution in [3.8, 4) is 0 Å². The molecule has 0 bridgehead atoms. The summed E-state index contributed by atoms with van der Waals surface area (Å²) in [5.41, 5.74) is 1.02. The van der Waals surface area contributed by atoms with Gasteiger partial charge in [0.15, 0.2) is 0 Å². The Morgan fingerprint density at radius 3 is 2.73 bits per heavy atom. The van der Waals surface area contributed by atoms with Crippen LogP contribution < -0.4 is 10.6 Å². The smallest absolute Gasteiger partial charge is 0.314 e. The predicted octanol–water partition coefficient (Wildman–Crippen LogP) is 2.89. The Kier molecular flexibility index (Phi) is 4.30. The van der Waals surface area contributed by atoms with Crippen LogP contribution in [0.4, 0.5) is 10.6 Å². The molecule has 0 aliphatic rings. The van der Waals surface area contributed by atoms with Gasteiger partial charge < -0.3 is 5.32 Å². The van der Waals surface area contributed by atoms with Crippen LogP contribution in [-0.4, -0.2) is 11.0 Å². The molecule has 0 aliphatic heterocycles. The largest absolute Gasteiger partial charge is 0.324 e. The highest BCUT2D eigenvalue weighted by molar-refractivity contribution is 9.10. The van der Waals surface area contributed by atoms with E-state index >= 15 is 0 Å². The minimum atomic E-state index is -0.300. The summed E-state index contributed by atoms with van der Waals surface area (Å²) in [5, 5.41) is 5.18. The number of hydrogen-bond donors (Lipinski definition) is 2. The monoisotopic (exact) mass is 269 g/mol. The van der Waals surface area contributed by atoms with E-state index in [9.17, 15) is 4.79 Å². The van der Waals surface area contributed by atoms with E-state index in [2.05, 4.69) is 31.5 Å². The highest BCUT2D eigenvalue weighted by atomic mass is 79.9. The van der Waals surface area contributed by atoms with Crippen molar-refractivity contribution in [2.24, 2.45) is 0 Å². The first-order chi connectivity index (χ1) is 7.08. The number of carbonyl (C=O) groups excluding carboxylic acids is 1. The van der Waals surface area contributed by atoms with Crippen molar-refractivity contribution in [2.45, 2.75) is 13.8 Å². The SMILES string of the molecule is CC(C)=CNC(=O)Nc1ccc(Br)cn1. The summed E-state index contributed by atoms with van der Waals surface area (Å²) in [7, 11) is 0. The Bertz CT molecular complexity index is 369. The molecule has 0 atom stereocenters. The number of pyridine rings is 1. The van der Waals surface area contributed by atoms with Crippen molar-refractivity contribution in [1.82, 2.24) is 10.3 Å². The van der Waals surface area contributed by atoms with Crippen molar-refractivity contribution in [2.75, 3.05) is 5.32 Å². The van der Waals surface area contributed by atoms with Crippen molar-refractivity contribution < 1.29 is 4.79 Å². The van der Waals surface area contributed by atoms with Crippen molar-refractivity contribution in [3.05, 3.63) is 34.6 Å². The molecule has 0 aromatic carbocycles. The van der Waals surface area contributed by atoms with E-state index in [-0.39, 0.29) is 6.03 Å². The number of nitrogens with one attached hydrogen (secondary N) is 2. The minimum Gasteiger partial charge on any atom is -0.314 e. The summed E-state index contributed by atoms with van der Waals surface area (Å²) < 4.78 is 0.873. The Morgan fingerprint density at radius 2 is 2.20 bits per heavy atom. The molecular formula is C10H12BrN3O. The maximum Gasteiger partial charge on any atom is 0.324 e. The Balaban J connectivity index is 2.51. The number of amides is 2. The zero-order valence-corrected chi connectivity index (χ0v) is 10.1. The molecule has 2 N–H and O–H groups in total. The Labute approximate surface area is 96.9 Å². The van der Waals surface area contributed by atoms with Gasteiger partial charge in [0, 0.05) is 16.9 Å². The third-order valence-corrected chi connectivity index (χ3v) is 1.93. The summed E-state index contributed by atoms with van der Waals surface area (Å²) in [6.07, 6.45) is 3.25. The summed E-state index contributed by atoms with van der Waals surface area (Å²) in [6, 6.07) is 3.22. The molecule has 2 amide bonds. The van der Waals surface area contributed by atoms with Crippen molar-refractivity contribution in [3.63, 3.8) is 0 Å². The van der Waals surface area contributed by atoms with Gasteiger partial charge in [-0.15, -0.1) is 0 Å². The number of halogens is 1. The summed E-state index contributed by atoms with van der Waals surface area (Å²) in [6.45, 7) is 3.80. The van der Waals surface area contributed by atoms with Gasteiger partial charge in [0.2, 0.25) is 0 Å². The number of anilines is 1. The number of allylic oxidation sites excluding steroid dienone is 1. The molecule has 0 saturated heterocycles. The second-order valence-electron chi connectivity index (χ2n) is 3.18. The fourth-order valence-electron chi connectivity index (χ4n) is 0.812. The van der Waals surface area contributed by atoms with Crippen LogP contribution in [0, 0.1) is 0 Å². The molecule has 1 heterocycles. The Morgan fingerprint density at radius 1 is 1.47 bits per heavy atom. The van der Waals surface area contributed by atoms with Gasteiger partial charge in [0.1, 0.15) is 5.82 Å². The van der Waals surface area contributed by atoms with Gasteiger partial charge in [-0.25, -0.2) is 9.78 Å². The van der Waals surface area contributed by atoms with E-state index in [4.69, 9.17) is 0 Å². The van der Waals surface area contributed by atoms with Crippen LogP contribution in [0.2, 0.25) is 0 Å². The van der Waals surface area contributed by atoms with E-state index in [1.54, 1.807) is 18.5 Å². The standard InChI is InChI=1S/C10H12BrN3O/c1-7(2)5-13-10(15)14-9-4-3-8(11)6-12-9/h3-6H,1-2H3,(H2,12,13,14,15). The molecule has 0 saturated carbocycles. The third-order valence-electron chi connectivity index (χ3n) is 1.46. The molecule has 5 heteroatoms. The molecule has 0 fully saturated rings. The number of carbonyl (C=O) groups is 1. The lowest BCUT2D eigenvalue weighted by Crippen LogP contribution is -2.24. The van der Waals surface area contributed by atoms with E-state index in [0.717, 1.165) is 10.0 Å². The average molecular weight is 270 g/mol. The average Bonchev–Trinajstić information content (AvgIpc) is 2.19. The number of hydrogen-bond acceptors (Lipinski definition) is 2. The highest BCUT2D eigenvalue weighted by Gasteiger charge is 1.99. The minimum absolute atomic E-state index is 0.300. The second-order valence-corrected chi connectivity index (χ2v) is 4.10. The topological polar surface area (TPSA) is 54.0 Å². The molecule has 0 spiro atoms. The molecule has 0 unspecified atom stereocenters. The lowest BCUT2D eigenvalue weighted by Gasteiger charge is -2.03. The van der Waals surface area contributed by atoms with E-state index in [1.165, 1.54) is 0 Å². The van der Waals surface area contributed by atoms with Crippen LogP contribution >= 0.6 is 15.9 Å². The Hall–Kier alpha value is -1.36. The molecule has 80 valence electrons. The highest BCUT2D eigenvalue weighted by Crippen LogP contribution is 2.10. The van der Waals surface area contributed by atoms with Crippen LogP contribution in [0.3, 0.4) is 0 Å². The summed E-state index contributed by atoms with van der Waals surface area (Å²) in [4.78, 5) is 15.3. The second kappa shape index (κ2) is 5.50. The van der Waals surface area contributed by atoms with Gasteiger partial charge in [-0.2, -0.15) is 0 Å². The predicted molar refractivity (Wildman–Crippen MR) is 63.5 cm³/mol. The fourth-order valence-corrected chi connectivity index (χ4v) is 1.05. The molecule has 1 aromatic heterocycles. The van der Waals surface area contributed by atoms with Gasteiger partial charge in [-0.3, -0.25) is 5.32 Å². The third kappa shape index (κ3) is 4.60. The quantitative estimate of drug-likeness (QED) is 0.868. The molecule has 1 aromatic rings. The molecule has 1 rings (SSSR count). The summed E-state index contributed by atoms with van der Waals surface area (Å²) in [5.74, 6) is 0.512. The van der Waals surface area contributed by atoms with Gasteiger partial charge in [0.25, 0.3) is 0 Å².